The molecule has 0 atom stereocenters. The van der Waals surface area contributed by atoms with Crippen LogP contribution in [0, 0.1) is 5.82 Å². The van der Waals surface area contributed by atoms with Gasteiger partial charge in [-0.1, -0.05) is 12.1 Å². The molecule has 0 aliphatic carbocycles. The molecule has 3 aromatic rings. The summed E-state index contributed by atoms with van der Waals surface area (Å²) in [5.74, 6) is -0.0146. The molecule has 4 rings (SSSR count). The lowest BCUT2D eigenvalue weighted by Crippen LogP contribution is -2.36. The highest BCUT2D eigenvalue weighted by molar-refractivity contribution is 7.91. The van der Waals surface area contributed by atoms with Gasteiger partial charge in [0.2, 0.25) is 26.6 Å². The Bertz CT molecular complexity index is 1110. The molecule has 2 heterocycles. The molecule has 9 heteroatoms. The summed E-state index contributed by atoms with van der Waals surface area (Å²) >= 11 is 0. The maximum atomic E-state index is 14.3. The van der Waals surface area contributed by atoms with Crippen molar-refractivity contribution < 1.29 is 26.7 Å². The molecule has 0 spiro atoms. The van der Waals surface area contributed by atoms with Gasteiger partial charge in [-0.05, 0) is 36.4 Å². The van der Waals surface area contributed by atoms with Gasteiger partial charge in [0, 0.05) is 13.1 Å². The SMILES string of the molecule is COc1ccc(S(=O)(=O)c2nc(-c3ccccc3F)oc2N2CCOCC2)cc1. The Labute approximate surface area is 167 Å². The predicted molar refractivity (Wildman–Crippen MR) is 103 cm³/mol. The lowest BCUT2D eigenvalue weighted by molar-refractivity contribution is 0.120. The molecule has 29 heavy (non-hydrogen) atoms. The van der Waals surface area contributed by atoms with Gasteiger partial charge < -0.3 is 18.8 Å². The number of hydrogen-bond donors (Lipinski definition) is 0. The van der Waals surface area contributed by atoms with Crippen molar-refractivity contribution in [1.29, 1.82) is 0 Å². The second-order valence-electron chi connectivity index (χ2n) is 6.39. The van der Waals surface area contributed by atoms with Gasteiger partial charge in [0.1, 0.15) is 11.6 Å². The van der Waals surface area contributed by atoms with Crippen LogP contribution in [0.15, 0.2) is 62.9 Å². The van der Waals surface area contributed by atoms with Crippen LogP contribution in [0.2, 0.25) is 0 Å². The molecule has 0 bridgehead atoms. The fourth-order valence-electron chi connectivity index (χ4n) is 3.06. The molecule has 152 valence electrons. The van der Waals surface area contributed by atoms with Gasteiger partial charge in [0.25, 0.3) is 0 Å². The molecule has 0 amide bonds. The standard InChI is InChI=1S/C20H19FN2O5S/c1-26-14-6-8-15(9-7-14)29(24,25)19-20(23-10-12-27-13-11-23)28-18(22-19)16-4-2-3-5-17(16)21/h2-9H,10-13H2,1H3. The first-order chi connectivity index (χ1) is 14.0. The molecule has 0 saturated carbocycles. The van der Waals surface area contributed by atoms with Gasteiger partial charge in [-0.2, -0.15) is 4.98 Å². The zero-order chi connectivity index (χ0) is 20.4. The number of benzene rings is 2. The van der Waals surface area contributed by atoms with Crippen LogP contribution < -0.4 is 9.64 Å². The summed E-state index contributed by atoms with van der Waals surface area (Å²) in [6, 6.07) is 11.9. The Morgan fingerprint density at radius 2 is 1.76 bits per heavy atom. The van der Waals surface area contributed by atoms with Crippen molar-refractivity contribution >= 4 is 15.7 Å². The van der Waals surface area contributed by atoms with Crippen LogP contribution in [0.1, 0.15) is 0 Å². The third-order valence-corrected chi connectivity index (χ3v) is 6.27. The van der Waals surface area contributed by atoms with Crippen molar-refractivity contribution in [3.05, 3.63) is 54.3 Å². The zero-order valence-corrected chi connectivity index (χ0v) is 16.5. The van der Waals surface area contributed by atoms with Crippen LogP contribution in [-0.2, 0) is 14.6 Å². The van der Waals surface area contributed by atoms with Crippen molar-refractivity contribution in [2.45, 2.75) is 9.92 Å². The smallest absolute Gasteiger partial charge is 0.236 e. The third kappa shape index (κ3) is 3.70. The van der Waals surface area contributed by atoms with E-state index in [-0.39, 0.29) is 27.3 Å². The maximum Gasteiger partial charge on any atom is 0.236 e. The van der Waals surface area contributed by atoms with Crippen LogP contribution in [0.3, 0.4) is 0 Å². The first kappa shape index (κ1) is 19.4. The fraction of sp³-hybridized carbons (Fsp3) is 0.250. The number of sulfone groups is 1. The average molecular weight is 418 g/mol. The highest BCUT2D eigenvalue weighted by Gasteiger charge is 2.32. The lowest BCUT2D eigenvalue weighted by Gasteiger charge is -2.26. The summed E-state index contributed by atoms with van der Waals surface area (Å²) < 4.78 is 57.1. The highest BCUT2D eigenvalue weighted by Crippen LogP contribution is 2.36. The second kappa shape index (κ2) is 7.84. The number of ether oxygens (including phenoxy) is 2. The Morgan fingerprint density at radius 1 is 1.07 bits per heavy atom. The minimum absolute atomic E-state index is 0.0428. The maximum absolute atomic E-state index is 14.3. The Balaban J connectivity index is 1.84. The topological polar surface area (TPSA) is 81.9 Å². The van der Waals surface area contributed by atoms with E-state index in [1.807, 2.05) is 0 Å². The zero-order valence-electron chi connectivity index (χ0n) is 15.7. The quantitative estimate of drug-likeness (QED) is 0.629. The highest BCUT2D eigenvalue weighted by atomic mass is 32.2. The van der Waals surface area contributed by atoms with Gasteiger partial charge in [-0.3, -0.25) is 0 Å². The summed E-state index contributed by atoms with van der Waals surface area (Å²) in [5.41, 5.74) is 0.0955. The van der Waals surface area contributed by atoms with Crippen molar-refractivity contribution in [3.8, 4) is 17.2 Å². The van der Waals surface area contributed by atoms with Gasteiger partial charge in [0.05, 0.1) is 30.8 Å². The molecular weight excluding hydrogens is 399 g/mol. The van der Waals surface area contributed by atoms with Crippen LogP contribution in [-0.4, -0.2) is 46.8 Å². The molecule has 1 aliphatic heterocycles. The number of anilines is 1. The Hall–Kier alpha value is -2.91. The molecule has 1 aliphatic rings. The van der Waals surface area contributed by atoms with Gasteiger partial charge in [-0.15, -0.1) is 0 Å². The van der Waals surface area contributed by atoms with E-state index in [0.717, 1.165) is 0 Å². The van der Waals surface area contributed by atoms with Crippen LogP contribution in [0.5, 0.6) is 5.75 Å². The van der Waals surface area contributed by atoms with Gasteiger partial charge in [0.15, 0.2) is 0 Å². The van der Waals surface area contributed by atoms with Crippen molar-refractivity contribution in [2.75, 3.05) is 38.3 Å². The van der Waals surface area contributed by atoms with E-state index < -0.39 is 15.7 Å². The van der Waals surface area contributed by atoms with Crippen LogP contribution in [0.25, 0.3) is 11.5 Å². The number of hydrogen-bond acceptors (Lipinski definition) is 7. The van der Waals surface area contributed by atoms with Gasteiger partial charge >= 0.3 is 0 Å². The second-order valence-corrected chi connectivity index (χ2v) is 8.25. The number of morpholine rings is 1. The molecule has 0 N–H and O–H groups in total. The molecule has 1 fully saturated rings. The monoisotopic (exact) mass is 418 g/mol. The molecule has 0 unspecified atom stereocenters. The van der Waals surface area contributed by atoms with Crippen LogP contribution >= 0.6 is 0 Å². The summed E-state index contributed by atoms with van der Waals surface area (Å²) in [6.07, 6.45) is 0. The molecule has 7 nitrogen and oxygen atoms in total. The first-order valence-corrected chi connectivity index (χ1v) is 10.5. The van der Waals surface area contributed by atoms with Crippen LogP contribution in [0.4, 0.5) is 10.3 Å². The summed E-state index contributed by atoms with van der Waals surface area (Å²) in [7, 11) is -2.51. The molecule has 2 aromatic carbocycles. The molecule has 0 radical (unpaired) electrons. The van der Waals surface area contributed by atoms with E-state index >= 15 is 0 Å². The van der Waals surface area contributed by atoms with Gasteiger partial charge in [-0.25, -0.2) is 12.8 Å². The van der Waals surface area contributed by atoms with E-state index in [1.54, 1.807) is 29.2 Å². The number of aromatic nitrogens is 1. The Kier molecular flexibility index (Phi) is 5.25. The van der Waals surface area contributed by atoms with E-state index in [0.29, 0.717) is 32.1 Å². The molecule has 1 aromatic heterocycles. The number of nitrogens with zero attached hydrogens (tertiary/aromatic N) is 2. The average Bonchev–Trinajstić information content (AvgIpc) is 3.21. The molecule has 1 saturated heterocycles. The Morgan fingerprint density at radius 3 is 2.41 bits per heavy atom. The lowest BCUT2D eigenvalue weighted by atomic mass is 10.2. The van der Waals surface area contributed by atoms with Crippen molar-refractivity contribution in [3.63, 3.8) is 0 Å². The minimum atomic E-state index is -4.01. The minimum Gasteiger partial charge on any atom is -0.497 e. The van der Waals surface area contributed by atoms with Crippen molar-refractivity contribution in [2.24, 2.45) is 0 Å². The van der Waals surface area contributed by atoms with E-state index in [9.17, 15) is 12.8 Å². The van der Waals surface area contributed by atoms with E-state index in [4.69, 9.17) is 13.9 Å². The van der Waals surface area contributed by atoms with E-state index in [1.165, 1.54) is 31.4 Å². The number of oxazole rings is 1. The normalized spacial score (nSPS) is 14.8. The summed E-state index contributed by atoms with van der Waals surface area (Å²) in [4.78, 5) is 5.99. The summed E-state index contributed by atoms with van der Waals surface area (Å²) in [5, 5.41) is -0.247. The first-order valence-electron chi connectivity index (χ1n) is 8.98. The van der Waals surface area contributed by atoms with Crippen molar-refractivity contribution in [1.82, 2.24) is 4.98 Å². The fourth-order valence-corrected chi connectivity index (χ4v) is 4.38. The number of methoxy groups -OCH3 is 1. The summed E-state index contributed by atoms with van der Waals surface area (Å²) in [6.45, 7) is 1.74. The third-order valence-electron chi connectivity index (χ3n) is 4.61. The largest absolute Gasteiger partial charge is 0.497 e. The predicted octanol–water partition coefficient (Wildman–Crippen LogP) is 3.16. The van der Waals surface area contributed by atoms with E-state index in [2.05, 4.69) is 4.98 Å². The number of rotatable bonds is 5. The molecular formula is C20H19FN2O5S. The number of halogens is 1.